The van der Waals surface area contributed by atoms with Crippen LogP contribution in [0.2, 0.25) is 0 Å². The molecular formula is C20H26Cl2N4O2. The molecule has 1 aliphatic rings. The average molecular weight is 425 g/mol. The highest BCUT2D eigenvalue weighted by atomic mass is 35.5. The third-order valence-corrected chi connectivity index (χ3v) is 4.69. The van der Waals surface area contributed by atoms with Gasteiger partial charge in [0, 0.05) is 48.7 Å². The van der Waals surface area contributed by atoms with Crippen LogP contribution in [0, 0.1) is 6.92 Å². The van der Waals surface area contributed by atoms with E-state index in [1.54, 1.807) is 36.4 Å². The number of aryl methyl sites for hydroxylation is 1. The SMILES string of the molecule is Cc1ccc(N)cc1C(=O)Nc1ccc(C(=O)N2CCN(C)CC2)cc1.Cl.Cl. The van der Waals surface area contributed by atoms with Gasteiger partial charge in [0.15, 0.2) is 0 Å². The number of rotatable bonds is 3. The number of nitrogens with two attached hydrogens (primary N) is 1. The second-order valence-electron chi connectivity index (χ2n) is 6.70. The van der Waals surface area contributed by atoms with E-state index in [0.29, 0.717) is 22.5 Å². The van der Waals surface area contributed by atoms with Crippen molar-refractivity contribution in [3.8, 4) is 0 Å². The number of carbonyl (C=O) groups excluding carboxylic acids is 2. The molecule has 2 amide bonds. The first-order chi connectivity index (χ1) is 12.4. The molecule has 6 nitrogen and oxygen atoms in total. The number of piperazine rings is 1. The van der Waals surface area contributed by atoms with Gasteiger partial charge in [-0.05, 0) is 55.9 Å². The minimum absolute atomic E-state index is 0. The Bertz CT molecular complexity index is 819. The van der Waals surface area contributed by atoms with Gasteiger partial charge in [0.25, 0.3) is 11.8 Å². The molecule has 28 heavy (non-hydrogen) atoms. The number of hydrogen-bond acceptors (Lipinski definition) is 4. The van der Waals surface area contributed by atoms with E-state index in [9.17, 15) is 9.59 Å². The van der Waals surface area contributed by atoms with Crippen molar-refractivity contribution < 1.29 is 9.59 Å². The predicted molar refractivity (Wildman–Crippen MR) is 118 cm³/mol. The molecule has 2 aromatic carbocycles. The summed E-state index contributed by atoms with van der Waals surface area (Å²) in [7, 11) is 2.06. The number of anilines is 2. The molecule has 3 rings (SSSR count). The molecule has 0 spiro atoms. The molecule has 8 heteroatoms. The maximum atomic E-state index is 12.5. The zero-order valence-corrected chi connectivity index (χ0v) is 17.6. The largest absolute Gasteiger partial charge is 0.399 e. The van der Waals surface area contributed by atoms with Crippen LogP contribution in [0.5, 0.6) is 0 Å². The van der Waals surface area contributed by atoms with E-state index in [0.717, 1.165) is 31.7 Å². The van der Waals surface area contributed by atoms with Crippen LogP contribution in [-0.4, -0.2) is 54.8 Å². The van der Waals surface area contributed by atoms with Gasteiger partial charge in [0.1, 0.15) is 0 Å². The Labute approximate surface area is 177 Å². The lowest BCUT2D eigenvalue weighted by molar-refractivity contribution is 0.0664. The summed E-state index contributed by atoms with van der Waals surface area (Å²) in [4.78, 5) is 29.1. The van der Waals surface area contributed by atoms with Crippen LogP contribution in [-0.2, 0) is 0 Å². The van der Waals surface area contributed by atoms with Gasteiger partial charge in [-0.15, -0.1) is 24.8 Å². The van der Waals surface area contributed by atoms with Crippen LogP contribution in [0.1, 0.15) is 26.3 Å². The first-order valence-electron chi connectivity index (χ1n) is 8.69. The molecule has 1 fully saturated rings. The number of likely N-dealkylation sites (N-methyl/N-ethyl adjacent to an activating group) is 1. The van der Waals surface area contributed by atoms with E-state index in [1.807, 2.05) is 17.9 Å². The highest BCUT2D eigenvalue weighted by Crippen LogP contribution is 2.17. The van der Waals surface area contributed by atoms with Crippen molar-refractivity contribution in [2.45, 2.75) is 6.92 Å². The lowest BCUT2D eigenvalue weighted by atomic mass is 10.1. The van der Waals surface area contributed by atoms with Crippen molar-refractivity contribution in [1.82, 2.24) is 9.80 Å². The van der Waals surface area contributed by atoms with Crippen molar-refractivity contribution in [3.63, 3.8) is 0 Å². The Kier molecular flexibility index (Phi) is 8.75. The number of nitrogen functional groups attached to an aromatic ring is 1. The molecule has 3 N–H and O–H groups in total. The Morgan fingerprint density at radius 3 is 2.18 bits per heavy atom. The first kappa shape index (κ1) is 23.8. The van der Waals surface area contributed by atoms with Crippen molar-refractivity contribution in [2.75, 3.05) is 44.3 Å². The van der Waals surface area contributed by atoms with E-state index >= 15 is 0 Å². The summed E-state index contributed by atoms with van der Waals surface area (Å²) >= 11 is 0. The summed E-state index contributed by atoms with van der Waals surface area (Å²) in [5.74, 6) is -0.185. The Hall–Kier alpha value is -2.28. The molecule has 0 unspecified atom stereocenters. The van der Waals surface area contributed by atoms with Crippen molar-refractivity contribution in [1.29, 1.82) is 0 Å². The summed E-state index contributed by atoms with van der Waals surface area (Å²) in [6, 6.07) is 12.3. The van der Waals surface area contributed by atoms with Gasteiger partial charge in [-0.25, -0.2) is 0 Å². The quantitative estimate of drug-likeness (QED) is 0.741. The topological polar surface area (TPSA) is 78.7 Å². The fraction of sp³-hybridized carbons (Fsp3) is 0.300. The molecular weight excluding hydrogens is 399 g/mol. The molecule has 0 aromatic heterocycles. The van der Waals surface area contributed by atoms with Crippen molar-refractivity contribution in [2.24, 2.45) is 0 Å². The zero-order chi connectivity index (χ0) is 18.7. The number of amides is 2. The minimum atomic E-state index is -0.215. The molecule has 0 radical (unpaired) electrons. The van der Waals surface area contributed by atoms with Gasteiger partial charge < -0.3 is 20.9 Å². The lowest BCUT2D eigenvalue weighted by Gasteiger charge is -2.32. The Morgan fingerprint density at radius 1 is 0.964 bits per heavy atom. The fourth-order valence-electron chi connectivity index (χ4n) is 2.97. The summed E-state index contributed by atoms with van der Waals surface area (Å²) < 4.78 is 0. The maximum absolute atomic E-state index is 12.5. The highest BCUT2D eigenvalue weighted by molar-refractivity contribution is 6.06. The van der Waals surface area contributed by atoms with Gasteiger partial charge in [-0.2, -0.15) is 0 Å². The second kappa shape index (κ2) is 10.3. The van der Waals surface area contributed by atoms with E-state index in [1.165, 1.54) is 0 Å². The van der Waals surface area contributed by atoms with Gasteiger partial charge in [0.2, 0.25) is 0 Å². The number of halogens is 2. The third kappa shape index (κ3) is 5.61. The number of benzene rings is 2. The fourth-order valence-corrected chi connectivity index (χ4v) is 2.97. The normalized spacial score (nSPS) is 13.9. The predicted octanol–water partition coefficient (Wildman–Crippen LogP) is 3.06. The summed E-state index contributed by atoms with van der Waals surface area (Å²) in [6.07, 6.45) is 0. The molecule has 0 bridgehead atoms. The van der Waals surface area contributed by atoms with Gasteiger partial charge >= 0.3 is 0 Å². The summed E-state index contributed by atoms with van der Waals surface area (Å²) in [5.41, 5.74) is 9.00. The van der Waals surface area contributed by atoms with Gasteiger partial charge in [-0.3, -0.25) is 9.59 Å². The second-order valence-corrected chi connectivity index (χ2v) is 6.70. The molecule has 0 saturated carbocycles. The Morgan fingerprint density at radius 2 is 1.57 bits per heavy atom. The minimum Gasteiger partial charge on any atom is -0.399 e. The molecule has 0 aliphatic carbocycles. The number of nitrogens with zero attached hydrogens (tertiary/aromatic N) is 2. The van der Waals surface area contributed by atoms with Crippen LogP contribution in [0.3, 0.4) is 0 Å². The van der Waals surface area contributed by atoms with E-state index in [2.05, 4.69) is 17.3 Å². The van der Waals surface area contributed by atoms with Crippen LogP contribution < -0.4 is 11.1 Å². The standard InChI is InChI=1S/C20H24N4O2.2ClH/c1-14-3-6-16(21)13-18(14)19(25)22-17-7-4-15(5-8-17)20(26)24-11-9-23(2)10-12-24;;/h3-8,13H,9-12,21H2,1-2H3,(H,22,25);2*1H. The lowest BCUT2D eigenvalue weighted by Crippen LogP contribution is -2.47. The van der Waals surface area contributed by atoms with Gasteiger partial charge in [0.05, 0.1) is 0 Å². The molecule has 2 aromatic rings. The van der Waals surface area contributed by atoms with Crippen LogP contribution in [0.15, 0.2) is 42.5 Å². The van der Waals surface area contributed by atoms with Gasteiger partial charge in [-0.1, -0.05) is 6.07 Å². The van der Waals surface area contributed by atoms with Crippen molar-refractivity contribution >= 4 is 48.0 Å². The van der Waals surface area contributed by atoms with Crippen LogP contribution in [0.25, 0.3) is 0 Å². The average Bonchev–Trinajstić information content (AvgIpc) is 2.64. The number of hydrogen-bond donors (Lipinski definition) is 2. The smallest absolute Gasteiger partial charge is 0.256 e. The third-order valence-electron chi connectivity index (χ3n) is 4.69. The summed E-state index contributed by atoms with van der Waals surface area (Å²) in [5, 5.41) is 2.85. The monoisotopic (exact) mass is 424 g/mol. The zero-order valence-electron chi connectivity index (χ0n) is 16.0. The molecule has 1 aliphatic heterocycles. The molecule has 152 valence electrons. The Balaban J connectivity index is 0.00000196. The van der Waals surface area contributed by atoms with E-state index < -0.39 is 0 Å². The van der Waals surface area contributed by atoms with Crippen molar-refractivity contribution in [3.05, 3.63) is 59.2 Å². The highest BCUT2D eigenvalue weighted by Gasteiger charge is 2.20. The molecule has 1 heterocycles. The van der Waals surface area contributed by atoms with E-state index in [-0.39, 0.29) is 36.6 Å². The van der Waals surface area contributed by atoms with Crippen LogP contribution >= 0.6 is 24.8 Å². The number of carbonyl (C=O) groups is 2. The van der Waals surface area contributed by atoms with Crippen LogP contribution in [0.4, 0.5) is 11.4 Å². The van der Waals surface area contributed by atoms with E-state index in [4.69, 9.17) is 5.73 Å². The first-order valence-corrected chi connectivity index (χ1v) is 8.69. The number of nitrogens with one attached hydrogen (secondary N) is 1. The molecule has 1 saturated heterocycles. The molecule has 0 atom stereocenters. The maximum Gasteiger partial charge on any atom is 0.256 e. The summed E-state index contributed by atoms with van der Waals surface area (Å²) in [6.45, 7) is 5.12.